The second-order valence-electron chi connectivity index (χ2n) is 3.28. The average molecular weight is 325 g/mol. The molecule has 18 heavy (non-hydrogen) atoms. The number of hydrazine groups is 1. The molecule has 100 valence electrons. The first-order valence-electron chi connectivity index (χ1n) is 5.03. The lowest BCUT2D eigenvalue weighted by molar-refractivity contribution is -0.137. The Bertz CT molecular complexity index is 445. The number of nitrogens with one attached hydrogen (secondary N) is 2. The molecule has 1 aromatic rings. The molecule has 0 amide bonds. The fraction of sp³-hybridized carbons (Fsp3) is 0.300. The van der Waals surface area contributed by atoms with Crippen LogP contribution in [0.3, 0.4) is 0 Å². The number of alkyl halides is 3. The van der Waals surface area contributed by atoms with E-state index in [0.29, 0.717) is 11.0 Å². The zero-order valence-electron chi connectivity index (χ0n) is 9.48. The number of hydrogen-bond acceptors (Lipinski definition) is 2. The van der Waals surface area contributed by atoms with Crippen molar-refractivity contribution in [3.63, 3.8) is 0 Å². The molecule has 0 radical (unpaired) electrons. The number of hydrogen-bond donors (Lipinski definition) is 3. The van der Waals surface area contributed by atoms with E-state index in [9.17, 15) is 13.2 Å². The molecule has 4 N–H and O–H groups in total. The van der Waals surface area contributed by atoms with Gasteiger partial charge in [0.25, 0.3) is 0 Å². The van der Waals surface area contributed by atoms with Crippen molar-refractivity contribution in [3.05, 3.63) is 28.2 Å². The topological polar surface area (TPSA) is 62.4 Å². The molecule has 0 aromatic heterocycles. The van der Waals surface area contributed by atoms with Gasteiger partial charge in [-0.15, -0.1) is 0 Å². The molecule has 0 heterocycles. The Morgan fingerprint density at radius 2 is 2.11 bits per heavy atom. The normalized spacial score (nSPS) is 12.4. The van der Waals surface area contributed by atoms with Crippen LogP contribution in [0.25, 0.3) is 0 Å². The summed E-state index contributed by atoms with van der Waals surface area (Å²) in [7, 11) is 0. The van der Waals surface area contributed by atoms with E-state index >= 15 is 0 Å². The van der Waals surface area contributed by atoms with Crippen LogP contribution in [0.5, 0.6) is 0 Å². The summed E-state index contributed by atoms with van der Waals surface area (Å²) in [4.78, 5) is 3.94. The number of halogens is 4. The van der Waals surface area contributed by atoms with E-state index in [1.54, 1.807) is 6.92 Å². The number of anilines is 1. The molecule has 0 aliphatic carbocycles. The number of nitrogens with two attached hydrogens (primary N) is 1. The van der Waals surface area contributed by atoms with Crippen LogP contribution in [0.1, 0.15) is 12.5 Å². The third-order valence-electron chi connectivity index (χ3n) is 2.00. The predicted octanol–water partition coefficient (Wildman–Crippen LogP) is 2.72. The molecule has 0 fully saturated rings. The Labute approximate surface area is 111 Å². The first-order valence-corrected chi connectivity index (χ1v) is 5.82. The number of rotatable bonds is 2. The number of nitrogens with zero attached hydrogens (tertiary/aromatic N) is 1. The van der Waals surface area contributed by atoms with Gasteiger partial charge in [0.05, 0.1) is 11.3 Å². The van der Waals surface area contributed by atoms with Gasteiger partial charge in [0, 0.05) is 11.0 Å². The lowest BCUT2D eigenvalue weighted by atomic mass is 10.2. The van der Waals surface area contributed by atoms with Crippen LogP contribution in [-0.2, 0) is 6.18 Å². The van der Waals surface area contributed by atoms with E-state index < -0.39 is 11.7 Å². The van der Waals surface area contributed by atoms with E-state index in [1.165, 1.54) is 6.07 Å². The minimum absolute atomic E-state index is 0.192. The maximum absolute atomic E-state index is 12.6. The van der Waals surface area contributed by atoms with Crippen molar-refractivity contribution in [3.8, 4) is 0 Å². The molecule has 0 unspecified atom stereocenters. The van der Waals surface area contributed by atoms with E-state index in [1.807, 2.05) is 0 Å². The van der Waals surface area contributed by atoms with E-state index in [2.05, 4.69) is 31.7 Å². The first kappa shape index (κ1) is 14.8. The second-order valence-corrected chi connectivity index (χ2v) is 4.14. The van der Waals surface area contributed by atoms with Gasteiger partial charge < -0.3 is 5.32 Å². The van der Waals surface area contributed by atoms with Crippen LogP contribution in [0, 0.1) is 0 Å². The summed E-state index contributed by atoms with van der Waals surface area (Å²) in [6, 6.07) is 3.28. The SMILES string of the molecule is CCN=C(NN)Nc1cc(C(F)(F)F)ccc1Br. The molecule has 0 aliphatic heterocycles. The van der Waals surface area contributed by atoms with Gasteiger partial charge in [-0.25, -0.2) is 5.84 Å². The second kappa shape index (κ2) is 6.05. The Hall–Kier alpha value is -1.28. The Kier molecular flexibility index (Phi) is 4.97. The van der Waals surface area contributed by atoms with Gasteiger partial charge in [0.15, 0.2) is 0 Å². The molecule has 0 spiro atoms. The molecular formula is C10H12BrF3N4. The standard InChI is InChI=1S/C10H12BrF3N4/c1-2-16-9(18-15)17-8-5-6(10(12,13)14)3-4-7(8)11/h3-5H,2,15H2,1H3,(H2,16,17,18). The van der Waals surface area contributed by atoms with Crippen LogP contribution in [0.2, 0.25) is 0 Å². The van der Waals surface area contributed by atoms with E-state index in [0.717, 1.165) is 12.1 Å². The monoisotopic (exact) mass is 324 g/mol. The minimum Gasteiger partial charge on any atom is -0.324 e. The van der Waals surface area contributed by atoms with Crippen LogP contribution in [-0.4, -0.2) is 12.5 Å². The van der Waals surface area contributed by atoms with Crippen molar-refractivity contribution < 1.29 is 13.2 Å². The molecule has 0 saturated heterocycles. The summed E-state index contributed by atoms with van der Waals surface area (Å²) in [5.74, 6) is 5.39. The predicted molar refractivity (Wildman–Crippen MR) is 68.1 cm³/mol. The smallest absolute Gasteiger partial charge is 0.324 e. The molecule has 4 nitrogen and oxygen atoms in total. The van der Waals surface area contributed by atoms with Crippen molar-refractivity contribution in [1.29, 1.82) is 0 Å². The molecule has 8 heteroatoms. The summed E-state index contributed by atoms with van der Waals surface area (Å²) >= 11 is 3.15. The zero-order valence-corrected chi connectivity index (χ0v) is 11.1. The zero-order chi connectivity index (χ0) is 13.8. The van der Waals surface area contributed by atoms with Crippen molar-refractivity contribution in [2.75, 3.05) is 11.9 Å². The maximum atomic E-state index is 12.6. The number of benzene rings is 1. The highest BCUT2D eigenvalue weighted by molar-refractivity contribution is 9.10. The van der Waals surface area contributed by atoms with Gasteiger partial charge in [-0.3, -0.25) is 10.4 Å². The molecule has 0 bridgehead atoms. The van der Waals surface area contributed by atoms with Gasteiger partial charge in [0.2, 0.25) is 5.96 Å². The minimum atomic E-state index is -4.39. The molecule has 0 aliphatic rings. The molecule has 1 aromatic carbocycles. The van der Waals surface area contributed by atoms with Gasteiger partial charge in [-0.05, 0) is 41.1 Å². The third kappa shape index (κ3) is 3.88. The van der Waals surface area contributed by atoms with Crippen LogP contribution in [0.15, 0.2) is 27.7 Å². The van der Waals surface area contributed by atoms with Crippen molar-refractivity contribution in [2.45, 2.75) is 13.1 Å². The van der Waals surface area contributed by atoms with Crippen molar-refractivity contribution in [2.24, 2.45) is 10.8 Å². The Morgan fingerprint density at radius 3 is 2.61 bits per heavy atom. The van der Waals surface area contributed by atoms with Crippen LogP contribution in [0.4, 0.5) is 18.9 Å². The number of aliphatic imine (C=N–C) groups is 1. The quantitative estimate of drug-likeness (QED) is 0.339. The van der Waals surface area contributed by atoms with Gasteiger partial charge >= 0.3 is 6.18 Å². The van der Waals surface area contributed by atoms with Gasteiger partial charge in [-0.2, -0.15) is 13.2 Å². The van der Waals surface area contributed by atoms with Crippen LogP contribution >= 0.6 is 15.9 Å². The van der Waals surface area contributed by atoms with Gasteiger partial charge in [0.1, 0.15) is 0 Å². The summed E-state index contributed by atoms with van der Waals surface area (Å²) in [5, 5.41) is 2.68. The molecule has 1 rings (SSSR count). The highest BCUT2D eigenvalue weighted by Crippen LogP contribution is 2.33. The summed E-state index contributed by atoms with van der Waals surface area (Å²) in [6.45, 7) is 2.23. The third-order valence-corrected chi connectivity index (χ3v) is 2.69. The lowest BCUT2D eigenvalue weighted by Gasteiger charge is -2.13. The lowest BCUT2D eigenvalue weighted by Crippen LogP contribution is -2.36. The highest BCUT2D eigenvalue weighted by Gasteiger charge is 2.30. The van der Waals surface area contributed by atoms with Crippen molar-refractivity contribution >= 4 is 27.6 Å². The molecule has 0 saturated carbocycles. The average Bonchev–Trinajstić information content (AvgIpc) is 2.29. The fourth-order valence-corrected chi connectivity index (χ4v) is 1.55. The van der Waals surface area contributed by atoms with E-state index in [4.69, 9.17) is 5.84 Å². The molecule has 0 atom stereocenters. The summed E-state index contributed by atoms with van der Waals surface area (Å²) in [5.41, 5.74) is 1.76. The van der Waals surface area contributed by atoms with Crippen LogP contribution < -0.4 is 16.6 Å². The maximum Gasteiger partial charge on any atom is 0.416 e. The van der Waals surface area contributed by atoms with E-state index in [-0.39, 0.29) is 11.6 Å². The number of guanidine groups is 1. The van der Waals surface area contributed by atoms with Crippen molar-refractivity contribution in [1.82, 2.24) is 5.43 Å². The fourth-order valence-electron chi connectivity index (χ4n) is 1.20. The summed E-state index contributed by atoms with van der Waals surface area (Å²) in [6.07, 6.45) is -4.39. The Balaban J connectivity index is 3.05. The largest absolute Gasteiger partial charge is 0.416 e. The Morgan fingerprint density at radius 1 is 1.44 bits per heavy atom. The molecular weight excluding hydrogens is 313 g/mol. The summed E-state index contributed by atoms with van der Waals surface area (Å²) < 4.78 is 38.1. The first-order chi connectivity index (χ1) is 8.38. The van der Waals surface area contributed by atoms with Gasteiger partial charge in [-0.1, -0.05) is 0 Å². The highest BCUT2D eigenvalue weighted by atomic mass is 79.9.